The molecule has 1 aliphatic rings. The quantitative estimate of drug-likeness (QED) is 0.823. The van der Waals surface area contributed by atoms with E-state index in [9.17, 15) is 9.59 Å². The van der Waals surface area contributed by atoms with Gasteiger partial charge in [-0.1, -0.05) is 35.9 Å². The van der Waals surface area contributed by atoms with Crippen LogP contribution in [-0.4, -0.2) is 23.3 Å². The smallest absolute Gasteiger partial charge is 0.313 e. The molecule has 1 N–H and O–H groups in total. The van der Waals surface area contributed by atoms with Crippen molar-refractivity contribution in [2.24, 2.45) is 0 Å². The predicted octanol–water partition coefficient (Wildman–Crippen LogP) is 2.86. The minimum Gasteiger partial charge on any atom is -0.330 e. The molecule has 1 heterocycles. The molecule has 4 nitrogen and oxygen atoms in total. The van der Waals surface area contributed by atoms with Gasteiger partial charge in [-0.2, -0.15) is 0 Å². The van der Waals surface area contributed by atoms with Gasteiger partial charge in [-0.05, 0) is 41.8 Å². The Morgan fingerprint density at radius 3 is 2.41 bits per heavy atom. The van der Waals surface area contributed by atoms with Crippen molar-refractivity contribution in [3.05, 3.63) is 64.7 Å². The molecule has 2 amide bonds. The van der Waals surface area contributed by atoms with Gasteiger partial charge >= 0.3 is 11.8 Å². The zero-order chi connectivity index (χ0) is 15.5. The summed E-state index contributed by atoms with van der Waals surface area (Å²) in [6.07, 6.45) is 0.774. The van der Waals surface area contributed by atoms with E-state index in [0.29, 0.717) is 23.8 Å². The largest absolute Gasteiger partial charge is 0.330 e. The topological polar surface area (TPSA) is 49.4 Å². The Labute approximate surface area is 133 Å². The van der Waals surface area contributed by atoms with Crippen LogP contribution in [0.5, 0.6) is 0 Å². The van der Waals surface area contributed by atoms with Crippen molar-refractivity contribution >= 4 is 29.1 Å². The number of hydrogen-bond donors (Lipinski definition) is 1. The van der Waals surface area contributed by atoms with Crippen molar-refractivity contribution in [3.8, 4) is 0 Å². The van der Waals surface area contributed by atoms with Crippen molar-refractivity contribution in [3.63, 3.8) is 0 Å². The summed E-state index contributed by atoms with van der Waals surface area (Å²) < 4.78 is 0. The number of carbonyl (C=O) groups is 2. The fraction of sp³-hybridized carbons (Fsp3) is 0.176. The maximum Gasteiger partial charge on any atom is 0.313 e. The standard InChI is InChI=1S/C17H15ClN2O2/c18-14-5-7-15(8-6-14)19-16(21)17(22)20-10-9-12-3-1-2-4-13(12)11-20/h1-8H,9-11H2,(H,19,21). The fourth-order valence-electron chi connectivity index (χ4n) is 2.53. The summed E-state index contributed by atoms with van der Waals surface area (Å²) in [6.45, 7) is 1.03. The second-order valence-electron chi connectivity index (χ2n) is 5.21. The average Bonchev–Trinajstić information content (AvgIpc) is 2.55. The van der Waals surface area contributed by atoms with E-state index in [1.54, 1.807) is 29.2 Å². The lowest BCUT2D eigenvalue weighted by Crippen LogP contribution is -2.42. The molecule has 0 aliphatic carbocycles. The van der Waals surface area contributed by atoms with Crippen LogP contribution < -0.4 is 5.32 Å². The number of fused-ring (bicyclic) bond motifs is 1. The van der Waals surface area contributed by atoms with Crippen LogP contribution in [-0.2, 0) is 22.6 Å². The van der Waals surface area contributed by atoms with Crippen molar-refractivity contribution in [2.75, 3.05) is 11.9 Å². The number of anilines is 1. The third-order valence-corrected chi connectivity index (χ3v) is 3.97. The zero-order valence-corrected chi connectivity index (χ0v) is 12.6. The molecule has 0 aromatic heterocycles. The highest BCUT2D eigenvalue weighted by Gasteiger charge is 2.25. The number of rotatable bonds is 1. The molecule has 0 radical (unpaired) electrons. The van der Waals surface area contributed by atoms with Gasteiger partial charge in [0.15, 0.2) is 0 Å². The van der Waals surface area contributed by atoms with Gasteiger partial charge in [-0.15, -0.1) is 0 Å². The van der Waals surface area contributed by atoms with E-state index in [2.05, 4.69) is 11.4 Å². The fourth-order valence-corrected chi connectivity index (χ4v) is 2.66. The molecule has 2 aromatic rings. The summed E-state index contributed by atoms with van der Waals surface area (Å²) in [7, 11) is 0. The van der Waals surface area contributed by atoms with Crippen LogP contribution in [0, 0.1) is 0 Å². The minimum atomic E-state index is -0.623. The molecule has 2 aromatic carbocycles. The van der Waals surface area contributed by atoms with Crippen molar-refractivity contribution in [1.29, 1.82) is 0 Å². The number of hydrogen-bond acceptors (Lipinski definition) is 2. The molecular formula is C17H15ClN2O2. The van der Waals surface area contributed by atoms with Crippen LogP contribution in [0.2, 0.25) is 5.02 Å². The van der Waals surface area contributed by atoms with Gasteiger partial charge in [0.1, 0.15) is 0 Å². The first-order valence-electron chi connectivity index (χ1n) is 7.06. The maximum atomic E-state index is 12.3. The maximum absolute atomic E-state index is 12.3. The Kier molecular flexibility index (Phi) is 4.11. The molecular weight excluding hydrogens is 300 g/mol. The molecule has 0 spiro atoms. The van der Waals surface area contributed by atoms with Gasteiger partial charge < -0.3 is 10.2 Å². The second-order valence-corrected chi connectivity index (χ2v) is 5.64. The third-order valence-electron chi connectivity index (χ3n) is 3.71. The highest BCUT2D eigenvalue weighted by molar-refractivity contribution is 6.39. The van der Waals surface area contributed by atoms with Gasteiger partial charge in [0, 0.05) is 23.8 Å². The van der Waals surface area contributed by atoms with Crippen LogP contribution in [0.25, 0.3) is 0 Å². The molecule has 1 aliphatic heterocycles. The number of nitrogens with zero attached hydrogens (tertiary/aromatic N) is 1. The Balaban J connectivity index is 1.67. The SMILES string of the molecule is O=C(Nc1ccc(Cl)cc1)C(=O)N1CCc2ccccc2C1. The van der Waals surface area contributed by atoms with E-state index in [-0.39, 0.29) is 0 Å². The van der Waals surface area contributed by atoms with Crippen LogP contribution in [0.3, 0.4) is 0 Å². The van der Waals surface area contributed by atoms with E-state index >= 15 is 0 Å². The predicted molar refractivity (Wildman–Crippen MR) is 85.6 cm³/mol. The number of carbonyl (C=O) groups excluding carboxylic acids is 2. The summed E-state index contributed by atoms with van der Waals surface area (Å²) in [5, 5.41) is 3.18. The lowest BCUT2D eigenvalue weighted by molar-refractivity contribution is -0.143. The summed E-state index contributed by atoms with van der Waals surface area (Å²) in [5.74, 6) is -1.13. The Bertz CT molecular complexity index is 713. The average molecular weight is 315 g/mol. The van der Waals surface area contributed by atoms with Crippen LogP contribution in [0.15, 0.2) is 48.5 Å². The minimum absolute atomic E-state index is 0.475. The summed E-state index contributed by atoms with van der Waals surface area (Å²) in [4.78, 5) is 25.9. The first kappa shape index (κ1) is 14.6. The lowest BCUT2D eigenvalue weighted by atomic mass is 10.00. The highest BCUT2D eigenvalue weighted by Crippen LogP contribution is 2.19. The number of halogens is 1. The van der Waals surface area contributed by atoms with E-state index in [1.807, 2.05) is 18.2 Å². The first-order chi connectivity index (χ1) is 10.6. The third kappa shape index (κ3) is 3.12. The van der Waals surface area contributed by atoms with E-state index < -0.39 is 11.8 Å². The van der Waals surface area contributed by atoms with Crippen molar-refractivity contribution in [1.82, 2.24) is 4.90 Å². The molecule has 22 heavy (non-hydrogen) atoms. The molecule has 112 valence electrons. The molecule has 0 bridgehead atoms. The molecule has 5 heteroatoms. The van der Waals surface area contributed by atoms with E-state index in [4.69, 9.17) is 11.6 Å². The van der Waals surface area contributed by atoms with Crippen molar-refractivity contribution < 1.29 is 9.59 Å². The monoisotopic (exact) mass is 314 g/mol. The molecule has 0 fully saturated rings. The molecule has 0 saturated carbocycles. The van der Waals surface area contributed by atoms with Gasteiger partial charge in [0.2, 0.25) is 0 Å². The Morgan fingerprint density at radius 1 is 1.00 bits per heavy atom. The zero-order valence-electron chi connectivity index (χ0n) is 11.9. The summed E-state index contributed by atoms with van der Waals surface area (Å²) >= 11 is 5.79. The molecule has 3 rings (SSSR count). The van der Waals surface area contributed by atoms with Crippen LogP contribution in [0.1, 0.15) is 11.1 Å². The second kappa shape index (κ2) is 6.20. The Morgan fingerprint density at radius 2 is 1.68 bits per heavy atom. The highest BCUT2D eigenvalue weighted by atomic mass is 35.5. The van der Waals surface area contributed by atoms with Crippen molar-refractivity contribution in [2.45, 2.75) is 13.0 Å². The normalized spacial score (nSPS) is 13.4. The molecule has 0 atom stereocenters. The van der Waals surface area contributed by atoms with Crippen LogP contribution >= 0.6 is 11.6 Å². The molecule has 0 unspecified atom stereocenters. The van der Waals surface area contributed by atoms with E-state index in [1.165, 1.54) is 5.56 Å². The van der Waals surface area contributed by atoms with E-state index in [0.717, 1.165) is 12.0 Å². The van der Waals surface area contributed by atoms with Gasteiger partial charge in [-0.3, -0.25) is 9.59 Å². The first-order valence-corrected chi connectivity index (χ1v) is 7.44. The Hall–Kier alpha value is -2.33. The summed E-state index contributed by atoms with van der Waals surface area (Å²) in [5.41, 5.74) is 2.89. The number of amides is 2. The van der Waals surface area contributed by atoms with Gasteiger partial charge in [-0.25, -0.2) is 0 Å². The molecule has 0 saturated heterocycles. The lowest BCUT2D eigenvalue weighted by Gasteiger charge is -2.28. The number of nitrogens with one attached hydrogen (secondary N) is 1. The van der Waals surface area contributed by atoms with Gasteiger partial charge in [0.05, 0.1) is 0 Å². The van der Waals surface area contributed by atoms with Crippen LogP contribution in [0.4, 0.5) is 5.69 Å². The van der Waals surface area contributed by atoms with Gasteiger partial charge in [0.25, 0.3) is 0 Å². The summed E-state index contributed by atoms with van der Waals surface area (Å²) in [6, 6.07) is 14.6. The number of benzene rings is 2.